The van der Waals surface area contributed by atoms with Crippen LogP contribution in [0.15, 0.2) is 12.1 Å². The average molecular weight is 124 g/mol. The molecular weight excluding hydrogens is 119 g/mol. The van der Waals surface area contributed by atoms with Gasteiger partial charge in [-0.2, -0.15) is 0 Å². The van der Waals surface area contributed by atoms with E-state index < -0.39 is 13.1 Å². The van der Waals surface area contributed by atoms with E-state index in [-0.39, 0.29) is 0 Å². The first-order valence-corrected chi connectivity index (χ1v) is 3.00. The Hall–Kier alpha value is -0.310. The minimum atomic E-state index is -4.38. The highest BCUT2D eigenvalue weighted by Crippen LogP contribution is 2.41. The maximum Gasteiger partial charge on any atom is 0.389 e. The lowest BCUT2D eigenvalue weighted by Crippen LogP contribution is -1.78. The summed E-state index contributed by atoms with van der Waals surface area (Å²) in [7, 11) is -4.38. The fourth-order valence-electron chi connectivity index (χ4n) is 0. The zero-order valence-corrected chi connectivity index (χ0v) is 4.30. The zero-order chi connectivity index (χ0) is 6.08. The van der Waals surface area contributed by atoms with Crippen molar-refractivity contribution in [3.63, 3.8) is 0 Å². The van der Waals surface area contributed by atoms with Crippen LogP contribution in [0, 0.1) is 0 Å². The van der Waals surface area contributed by atoms with Crippen molar-refractivity contribution < 1.29 is 19.5 Å². The van der Waals surface area contributed by atoms with Crippen molar-refractivity contribution >= 4 is 7.60 Å². The molecule has 0 unspecified atom stereocenters. The lowest BCUT2D eigenvalue weighted by molar-refractivity contribution is 0.338. The van der Waals surface area contributed by atoms with Crippen molar-refractivity contribution in [3.8, 4) is 0 Å². The third-order valence-electron chi connectivity index (χ3n) is 0.336. The Bertz CT molecular complexity index is 122. The highest BCUT2D eigenvalue weighted by atomic mass is 31.2. The fourth-order valence-corrected chi connectivity index (χ4v) is 0. The second kappa shape index (κ2) is 1.66. The van der Waals surface area contributed by atoms with Gasteiger partial charge in [0.05, 0.1) is 0 Å². The van der Waals surface area contributed by atoms with Gasteiger partial charge >= 0.3 is 7.60 Å². The predicted molar refractivity (Wildman–Crippen MR) is 23.8 cm³/mol. The highest BCUT2D eigenvalue weighted by Gasteiger charge is 2.15. The summed E-state index contributed by atoms with van der Waals surface area (Å²) in [4.78, 5) is 15.7. The predicted octanol–water partition coefficient (Wildman–Crippen LogP) is 0.193. The molecule has 0 aliphatic heterocycles. The minimum absolute atomic E-state index is 1.09. The van der Waals surface area contributed by atoms with Crippen LogP contribution in [0.3, 0.4) is 0 Å². The van der Waals surface area contributed by atoms with Gasteiger partial charge in [0.15, 0.2) is 5.50 Å². The molecule has 0 atom stereocenters. The molecule has 0 aromatic heterocycles. The Balaban J connectivity index is 4.09. The van der Waals surface area contributed by atoms with Gasteiger partial charge in [-0.25, -0.2) is 0 Å². The molecule has 0 saturated carbocycles. The molecule has 0 aliphatic carbocycles. The van der Waals surface area contributed by atoms with Crippen molar-refractivity contribution in [1.29, 1.82) is 0 Å². The normalized spacial score (nSPS) is 11.1. The van der Waals surface area contributed by atoms with E-state index in [4.69, 9.17) is 14.9 Å². The summed E-state index contributed by atoms with van der Waals surface area (Å²) in [5.41, 5.74) is -1.09. The van der Waals surface area contributed by atoms with E-state index in [1.54, 1.807) is 0 Å². The van der Waals surface area contributed by atoms with Crippen molar-refractivity contribution in [1.82, 2.24) is 0 Å². The summed E-state index contributed by atoms with van der Waals surface area (Å²) in [6, 6.07) is 0. The molecule has 4 nitrogen and oxygen atoms in total. The first-order chi connectivity index (χ1) is 2.94. The smallest absolute Gasteiger partial charge is 0.389 e. The monoisotopic (exact) mass is 124 g/mol. The van der Waals surface area contributed by atoms with E-state index in [0.29, 0.717) is 0 Å². The molecule has 7 heavy (non-hydrogen) atoms. The van der Waals surface area contributed by atoms with E-state index in [9.17, 15) is 4.57 Å². The topological polar surface area (TPSA) is 77.8 Å². The molecule has 0 aromatic carbocycles. The van der Waals surface area contributed by atoms with Crippen molar-refractivity contribution in [3.05, 3.63) is 12.1 Å². The van der Waals surface area contributed by atoms with Crippen LogP contribution in [-0.4, -0.2) is 14.9 Å². The summed E-state index contributed by atoms with van der Waals surface area (Å²) in [6.07, 6.45) is 0. The van der Waals surface area contributed by atoms with Crippen LogP contribution in [-0.2, 0) is 4.57 Å². The standard InChI is InChI=1S/C2H5O4P/c1-2(3)7(4,5)6/h3H,1H2,(H2,4,5,6). The molecule has 0 aliphatic rings. The number of hydrogen-bond acceptors (Lipinski definition) is 2. The van der Waals surface area contributed by atoms with Gasteiger partial charge in [0.2, 0.25) is 0 Å². The summed E-state index contributed by atoms with van der Waals surface area (Å²) in [5, 5.41) is 7.93. The summed E-state index contributed by atoms with van der Waals surface area (Å²) >= 11 is 0. The molecule has 0 aromatic rings. The third kappa shape index (κ3) is 2.39. The number of aliphatic hydroxyl groups excluding tert-OH is 1. The molecule has 0 amide bonds. The second-order valence-corrected chi connectivity index (χ2v) is 2.56. The first-order valence-electron chi connectivity index (χ1n) is 1.38. The van der Waals surface area contributed by atoms with E-state index >= 15 is 0 Å². The molecule has 3 N–H and O–H groups in total. The van der Waals surface area contributed by atoms with Gasteiger partial charge in [0.25, 0.3) is 0 Å². The van der Waals surface area contributed by atoms with Gasteiger partial charge in [-0.3, -0.25) is 4.57 Å². The lowest BCUT2D eigenvalue weighted by atomic mass is 11.2. The molecule has 42 valence electrons. The van der Waals surface area contributed by atoms with E-state index in [1.807, 2.05) is 0 Å². The Morgan fingerprint density at radius 3 is 1.71 bits per heavy atom. The summed E-state index contributed by atoms with van der Waals surface area (Å²) in [6.45, 7) is 2.62. The molecular formula is C2H5O4P. The van der Waals surface area contributed by atoms with Crippen LogP contribution in [0.2, 0.25) is 0 Å². The molecule has 0 spiro atoms. The van der Waals surface area contributed by atoms with Gasteiger partial charge in [0, 0.05) is 0 Å². The maximum absolute atomic E-state index is 9.68. The molecule has 0 fully saturated rings. The van der Waals surface area contributed by atoms with Crippen molar-refractivity contribution in [2.24, 2.45) is 0 Å². The summed E-state index contributed by atoms with van der Waals surface area (Å²) < 4.78 is 9.68. The van der Waals surface area contributed by atoms with Crippen LogP contribution < -0.4 is 0 Å². The molecule has 0 heterocycles. The van der Waals surface area contributed by atoms with Crippen molar-refractivity contribution in [2.75, 3.05) is 0 Å². The van der Waals surface area contributed by atoms with Crippen LogP contribution in [0.25, 0.3) is 0 Å². The Morgan fingerprint density at radius 1 is 1.57 bits per heavy atom. The number of rotatable bonds is 1. The minimum Gasteiger partial charge on any atom is -0.502 e. The van der Waals surface area contributed by atoms with Gasteiger partial charge in [-0.15, -0.1) is 0 Å². The number of hydrogen-bond donors (Lipinski definition) is 3. The van der Waals surface area contributed by atoms with Crippen LogP contribution in [0.1, 0.15) is 0 Å². The maximum atomic E-state index is 9.68. The summed E-state index contributed by atoms with van der Waals surface area (Å²) in [5.74, 6) is 0. The Kier molecular flexibility index (Phi) is 1.58. The van der Waals surface area contributed by atoms with Gasteiger partial charge in [-0.05, 0) is 6.58 Å². The van der Waals surface area contributed by atoms with E-state index in [2.05, 4.69) is 6.58 Å². The Labute approximate surface area is 40.3 Å². The quantitative estimate of drug-likeness (QED) is 0.344. The van der Waals surface area contributed by atoms with Gasteiger partial charge < -0.3 is 14.9 Å². The molecule has 0 radical (unpaired) electrons. The first kappa shape index (κ1) is 6.69. The van der Waals surface area contributed by atoms with Crippen LogP contribution in [0.5, 0.6) is 0 Å². The molecule has 5 heteroatoms. The zero-order valence-electron chi connectivity index (χ0n) is 3.40. The highest BCUT2D eigenvalue weighted by molar-refractivity contribution is 7.56. The van der Waals surface area contributed by atoms with E-state index in [0.717, 1.165) is 0 Å². The average Bonchev–Trinajstić information content (AvgIpc) is 1.31. The number of aliphatic hydroxyl groups is 1. The molecule has 0 bridgehead atoms. The molecule has 0 rings (SSSR count). The van der Waals surface area contributed by atoms with Crippen LogP contribution in [0.4, 0.5) is 0 Å². The van der Waals surface area contributed by atoms with Gasteiger partial charge in [-0.1, -0.05) is 0 Å². The molecule has 0 saturated heterocycles. The Morgan fingerprint density at radius 2 is 1.71 bits per heavy atom. The SMILES string of the molecule is C=C(O)P(=O)(O)O. The van der Waals surface area contributed by atoms with Crippen molar-refractivity contribution in [2.45, 2.75) is 0 Å². The van der Waals surface area contributed by atoms with Gasteiger partial charge in [0.1, 0.15) is 0 Å². The lowest BCUT2D eigenvalue weighted by Gasteiger charge is -1.95. The second-order valence-electron chi connectivity index (χ2n) is 0.960. The van der Waals surface area contributed by atoms with Crippen LogP contribution >= 0.6 is 7.60 Å². The fraction of sp³-hybridized carbons (Fsp3) is 0. The van der Waals surface area contributed by atoms with E-state index in [1.165, 1.54) is 0 Å². The third-order valence-corrected chi connectivity index (χ3v) is 1.01. The largest absolute Gasteiger partial charge is 0.502 e.